The SMILES string of the molecule is O=C(N[C@H]1C[C@H]2CC[C@@H](C1)N2S(=O)(=O)N1C2CNCC1C2)c1cc(C2CC2)on1. The first-order chi connectivity index (χ1) is 14.0. The summed E-state index contributed by atoms with van der Waals surface area (Å²) in [6.07, 6.45) is 6.23. The third kappa shape index (κ3) is 2.95. The van der Waals surface area contributed by atoms with Gasteiger partial charge in [0, 0.05) is 55.3 Å². The molecule has 1 aromatic rings. The van der Waals surface area contributed by atoms with Gasteiger partial charge in [0.15, 0.2) is 5.69 Å². The van der Waals surface area contributed by atoms with Crippen LogP contribution in [0.2, 0.25) is 0 Å². The molecule has 6 rings (SSSR count). The van der Waals surface area contributed by atoms with Gasteiger partial charge in [-0.05, 0) is 44.9 Å². The number of fused-ring (bicyclic) bond motifs is 4. The minimum Gasteiger partial charge on any atom is -0.360 e. The molecule has 5 heterocycles. The van der Waals surface area contributed by atoms with Crippen LogP contribution in [0.4, 0.5) is 0 Å². The minimum atomic E-state index is -3.44. The van der Waals surface area contributed by atoms with Crippen LogP contribution in [0.15, 0.2) is 10.6 Å². The van der Waals surface area contributed by atoms with E-state index in [-0.39, 0.29) is 36.1 Å². The van der Waals surface area contributed by atoms with E-state index < -0.39 is 10.2 Å². The molecule has 5 fully saturated rings. The standard InChI is InChI=1S/C19H27N5O4S/c25-19(17-8-18(28-22-17)11-1-2-11)21-12-5-13-3-4-14(6-12)23(13)29(26,27)24-15-7-16(24)10-20-9-15/h8,11-16,20H,1-7,9-10H2,(H,21,25)/t12-,13+,14-,15?,16?. The first kappa shape index (κ1) is 18.3. The number of carbonyl (C=O) groups excluding carboxylic acids is 1. The van der Waals surface area contributed by atoms with E-state index in [2.05, 4.69) is 15.8 Å². The summed E-state index contributed by atoms with van der Waals surface area (Å²) in [5.74, 6) is 1.000. The van der Waals surface area contributed by atoms with Gasteiger partial charge in [0.05, 0.1) is 0 Å². The van der Waals surface area contributed by atoms with Crippen molar-refractivity contribution in [3.05, 3.63) is 17.5 Å². The van der Waals surface area contributed by atoms with Gasteiger partial charge in [-0.3, -0.25) is 4.79 Å². The molecular formula is C19H27N5O4S. The van der Waals surface area contributed by atoms with Crippen LogP contribution < -0.4 is 10.6 Å². The van der Waals surface area contributed by atoms with E-state index in [4.69, 9.17) is 4.52 Å². The second-order valence-corrected chi connectivity index (χ2v) is 11.0. The first-order valence-corrected chi connectivity index (χ1v) is 12.2. The summed E-state index contributed by atoms with van der Waals surface area (Å²) in [5.41, 5.74) is 0.329. The molecule has 0 aromatic carbocycles. The maximum absolute atomic E-state index is 13.4. The molecule has 29 heavy (non-hydrogen) atoms. The van der Waals surface area contributed by atoms with E-state index in [9.17, 15) is 13.2 Å². The highest BCUT2D eigenvalue weighted by Gasteiger charge is 2.55. The molecule has 0 radical (unpaired) electrons. The molecule has 1 amide bonds. The molecule has 1 aliphatic carbocycles. The molecule has 5 atom stereocenters. The van der Waals surface area contributed by atoms with Crippen LogP contribution in [0.3, 0.4) is 0 Å². The van der Waals surface area contributed by atoms with Crippen molar-refractivity contribution >= 4 is 16.1 Å². The van der Waals surface area contributed by atoms with Gasteiger partial charge in [0.25, 0.3) is 16.1 Å². The highest BCUT2D eigenvalue weighted by Crippen LogP contribution is 2.43. The molecular weight excluding hydrogens is 394 g/mol. The van der Waals surface area contributed by atoms with E-state index in [1.807, 2.05) is 0 Å². The van der Waals surface area contributed by atoms with Crippen molar-refractivity contribution in [3.8, 4) is 0 Å². The smallest absolute Gasteiger partial charge is 0.283 e. The van der Waals surface area contributed by atoms with Crippen molar-refractivity contribution in [1.29, 1.82) is 0 Å². The Hall–Kier alpha value is -1.49. The summed E-state index contributed by atoms with van der Waals surface area (Å²) >= 11 is 0. The summed E-state index contributed by atoms with van der Waals surface area (Å²) < 4.78 is 35.6. The Morgan fingerprint density at radius 1 is 1.03 bits per heavy atom. The van der Waals surface area contributed by atoms with Gasteiger partial charge < -0.3 is 15.2 Å². The second kappa shape index (κ2) is 6.50. The molecule has 2 N–H and O–H groups in total. The van der Waals surface area contributed by atoms with E-state index >= 15 is 0 Å². The zero-order valence-electron chi connectivity index (χ0n) is 16.3. The lowest BCUT2D eigenvalue weighted by molar-refractivity contribution is 0.0563. The van der Waals surface area contributed by atoms with Gasteiger partial charge in [-0.2, -0.15) is 17.0 Å². The van der Waals surface area contributed by atoms with Crippen molar-refractivity contribution in [2.75, 3.05) is 13.1 Å². The molecule has 1 saturated carbocycles. The Kier molecular flexibility index (Phi) is 4.10. The number of piperidine rings is 2. The number of piperazine rings is 1. The quantitative estimate of drug-likeness (QED) is 0.720. The molecule has 10 heteroatoms. The summed E-state index contributed by atoms with van der Waals surface area (Å²) in [6.45, 7) is 1.50. The Morgan fingerprint density at radius 3 is 2.31 bits per heavy atom. The van der Waals surface area contributed by atoms with Crippen molar-refractivity contribution in [2.45, 2.75) is 81.1 Å². The Balaban J connectivity index is 1.13. The average molecular weight is 422 g/mol. The lowest BCUT2D eigenvalue weighted by Gasteiger charge is -2.54. The minimum absolute atomic E-state index is 0.0231. The Labute approximate surface area is 170 Å². The van der Waals surface area contributed by atoms with Crippen LogP contribution in [-0.2, 0) is 10.2 Å². The average Bonchev–Trinajstić information content (AvgIpc) is 3.34. The second-order valence-electron chi connectivity index (χ2n) is 9.28. The zero-order chi connectivity index (χ0) is 19.8. The lowest BCUT2D eigenvalue weighted by atomic mass is 9.93. The fourth-order valence-electron chi connectivity index (χ4n) is 5.78. The van der Waals surface area contributed by atoms with Crippen LogP contribution in [-0.4, -0.2) is 71.4 Å². The molecule has 4 saturated heterocycles. The van der Waals surface area contributed by atoms with Gasteiger partial charge in [-0.15, -0.1) is 0 Å². The normalized spacial score (nSPS) is 37.3. The summed E-state index contributed by atoms with van der Waals surface area (Å²) in [6, 6.07) is 1.87. The number of nitrogens with one attached hydrogen (secondary N) is 2. The highest BCUT2D eigenvalue weighted by atomic mass is 32.2. The molecule has 2 unspecified atom stereocenters. The fraction of sp³-hybridized carbons (Fsp3) is 0.789. The predicted octanol–water partition coefficient (Wildman–Crippen LogP) is 0.568. The van der Waals surface area contributed by atoms with E-state index in [1.165, 1.54) is 0 Å². The fourth-order valence-corrected chi connectivity index (χ4v) is 8.20. The lowest BCUT2D eigenvalue weighted by Crippen LogP contribution is -2.72. The zero-order valence-corrected chi connectivity index (χ0v) is 17.1. The highest BCUT2D eigenvalue weighted by molar-refractivity contribution is 7.86. The number of rotatable bonds is 5. The van der Waals surface area contributed by atoms with E-state index in [0.29, 0.717) is 24.5 Å². The number of hydrogen-bond donors (Lipinski definition) is 2. The molecule has 0 spiro atoms. The molecule has 5 aliphatic rings. The van der Waals surface area contributed by atoms with Crippen LogP contribution in [0.5, 0.6) is 0 Å². The first-order valence-electron chi connectivity index (χ1n) is 10.8. The van der Waals surface area contributed by atoms with Crippen molar-refractivity contribution in [2.24, 2.45) is 0 Å². The van der Waals surface area contributed by atoms with Crippen molar-refractivity contribution < 1.29 is 17.7 Å². The molecule has 158 valence electrons. The van der Waals surface area contributed by atoms with Crippen molar-refractivity contribution in [3.63, 3.8) is 0 Å². The monoisotopic (exact) mass is 421 g/mol. The number of aromatic nitrogens is 1. The van der Waals surface area contributed by atoms with E-state index in [1.54, 1.807) is 14.7 Å². The molecule has 4 aliphatic heterocycles. The predicted molar refractivity (Wildman–Crippen MR) is 103 cm³/mol. The van der Waals surface area contributed by atoms with Gasteiger partial charge in [0.2, 0.25) is 0 Å². The number of nitrogens with zero attached hydrogens (tertiary/aromatic N) is 3. The van der Waals surface area contributed by atoms with Crippen LogP contribution in [0.1, 0.15) is 67.1 Å². The molecule has 9 nitrogen and oxygen atoms in total. The third-order valence-electron chi connectivity index (χ3n) is 7.30. The topological polar surface area (TPSA) is 108 Å². The maximum Gasteiger partial charge on any atom is 0.283 e. The Bertz CT molecular complexity index is 901. The largest absolute Gasteiger partial charge is 0.360 e. The molecule has 4 bridgehead atoms. The van der Waals surface area contributed by atoms with Crippen LogP contribution in [0.25, 0.3) is 0 Å². The van der Waals surface area contributed by atoms with E-state index in [0.717, 1.165) is 51.0 Å². The summed E-state index contributed by atoms with van der Waals surface area (Å²) in [4.78, 5) is 12.6. The van der Waals surface area contributed by atoms with Gasteiger partial charge >= 0.3 is 0 Å². The van der Waals surface area contributed by atoms with Crippen LogP contribution in [0, 0.1) is 0 Å². The Morgan fingerprint density at radius 2 is 1.69 bits per heavy atom. The number of hydrogen-bond acceptors (Lipinski definition) is 6. The third-order valence-corrected chi connectivity index (χ3v) is 9.56. The summed E-state index contributed by atoms with van der Waals surface area (Å²) in [5, 5.41) is 10.3. The van der Waals surface area contributed by atoms with Gasteiger partial charge in [-0.1, -0.05) is 5.16 Å². The van der Waals surface area contributed by atoms with Gasteiger partial charge in [0.1, 0.15) is 5.76 Å². The number of amides is 1. The maximum atomic E-state index is 13.4. The van der Waals surface area contributed by atoms with Crippen molar-refractivity contribution in [1.82, 2.24) is 24.4 Å². The van der Waals surface area contributed by atoms with Crippen LogP contribution >= 0.6 is 0 Å². The van der Waals surface area contributed by atoms with Gasteiger partial charge in [-0.25, -0.2) is 0 Å². The summed E-state index contributed by atoms with van der Waals surface area (Å²) in [7, 11) is -3.44. The number of carbonyl (C=O) groups is 1. The molecule has 1 aromatic heterocycles.